The number of carbonyl (C=O) groups excluding carboxylic acids is 1. The zero-order valence-corrected chi connectivity index (χ0v) is 12.1. The molecular weight excluding hydrogens is 246 g/mol. The summed E-state index contributed by atoms with van der Waals surface area (Å²) >= 11 is 0. The largest absolute Gasteiger partial charge is 0.465 e. The van der Waals surface area contributed by atoms with Crippen molar-refractivity contribution in [2.45, 2.75) is 33.2 Å². The van der Waals surface area contributed by atoms with Crippen molar-refractivity contribution >= 4 is 11.8 Å². The molecule has 0 saturated carbocycles. The van der Waals surface area contributed by atoms with Gasteiger partial charge in [-0.2, -0.15) is 0 Å². The maximum absolute atomic E-state index is 12.3. The van der Waals surface area contributed by atoms with Crippen LogP contribution in [0.15, 0.2) is 17.2 Å². The van der Waals surface area contributed by atoms with Gasteiger partial charge in [0.05, 0.1) is 6.61 Å². The van der Waals surface area contributed by atoms with Crippen LogP contribution >= 0.6 is 0 Å². The lowest BCUT2D eigenvalue weighted by atomic mass is 10.1. The highest BCUT2D eigenvalue weighted by atomic mass is 16.5. The Bertz CT molecular complexity index is 503. The first-order valence-electron chi connectivity index (χ1n) is 6.22. The summed E-state index contributed by atoms with van der Waals surface area (Å²) in [6.45, 7) is 7.87. The van der Waals surface area contributed by atoms with Gasteiger partial charge in [0, 0.05) is 25.0 Å². The molecule has 1 rings (SSSR count). The van der Waals surface area contributed by atoms with Gasteiger partial charge >= 0.3 is 5.97 Å². The Labute approximate surface area is 113 Å². The Morgan fingerprint density at radius 3 is 2.63 bits per heavy atom. The molecule has 1 heterocycles. The predicted molar refractivity (Wildman–Crippen MR) is 73.4 cm³/mol. The van der Waals surface area contributed by atoms with Gasteiger partial charge in [-0.25, -0.2) is 4.98 Å². The van der Waals surface area contributed by atoms with Crippen LogP contribution in [0.2, 0.25) is 0 Å². The molecule has 6 heteroatoms. The van der Waals surface area contributed by atoms with Crippen LogP contribution in [0.1, 0.15) is 27.7 Å². The molecule has 0 radical (unpaired) electrons. The van der Waals surface area contributed by atoms with E-state index in [0.29, 0.717) is 6.61 Å². The fraction of sp³-hybridized carbons (Fsp3) is 0.615. The van der Waals surface area contributed by atoms with Crippen molar-refractivity contribution in [2.75, 3.05) is 25.1 Å². The van der Waals surface area contributed by atoms with Gasteiger partial charge in [0.1, 0.15) is 6.54 Å². The van der Waals surface area contributed by atoms with Gasteiger partial charge in [-0.05, 0) is 27.7 Å². The third kappa shape index (κ3) is 3.81. The maximum Gasteiger partial charge on any atom is 0.325 e. The first-order valence-corrected chi connectivity index (χ1v) is 6.22. The number of carbonyl (C=O) groups is 1. The molecule has 0 amide bonds. The number of ether oxygens (including phenoxy) is 1. The summed E-state index contributed by atoms with van der Waals surface area (Å²) in [5, 5.41) is 0. The minimum absolute atomic E-state index is 0.00420. The molecule has 0 aliphatic heterocycles. The van der Waals surface area contributed by atoms with Crippen LogP contribution < -0.4 is 10.5 Å². The molecule has 1 aromatic rings. The van der Waals surface area contributed by atoms with E-state index >= 15 is 0 Å². The van der Waals surface area contributed by atoms with Crippen molar-refractivity contribution in [3.8, 4) is 0 Å². The monoisotopic (exact) mass is 267 g/mol. The number of hydrogen-bond acceptors (Lipinski definition) is 5. The Morgan fingerprint density at radius 1 is 1.47 bits per heavy atom. The highest BCUT2D eigenvalue weighted by molar-refractivity contribution is 5.75. The average Bonchev–Trinajstić information content (AvgIpc) is 2.27. The third-order valence-corrected chi connectivity index (χ3v) is 2.58. The Hall–Kier alpha value is -1.85. The number of likely N-dealkylation sites (N-methyl/N-ethyl adjacent to an activating group) is 1. The molecular formula is C13H21N3O3. The summed E-state index contributed by atoms with van der Waals surface area (Å²) in [5.41, 5.74) is -0.554. The zero-order chi connectivity index (χ0) is 14.6. The van der Waals surface area contributed by atoms with Crippen LogP contribution in [0.3, 0.4) is 0 Å². The molecule has 6 nitrogen and oxygen atoms in total. The fourth-order valence-electron chi connectivity index (χ4n) is 1.67. The van der Waals surface area contributed by atoms with E-state index in [-0.39, 0.29) is 29.4 Å². The molecule has 0 aliphatic carbocycles. The van der Waals surface area contributed by atoms with Crippen LogP contribution in [0.4, 0.5) is 5.82 Å². The molecule has 0 fully saturated rings. The Morgan fingerprint density at radius 2 is 2.11 bits per heavy atom. The van der Waals surface area contributed by atoms with Gasteiger partial charge in [0.15, 0.2) is 5.82 Å². The van der Waals surface area contributed by atoms with Crippen LogP contribution in [-0.4, -0.2) is 35.7 Å². The average molecular weight is 267 g/mol. The maximum atomic E-state index is 12.3. The number of anilines is 1. The fourth-order valence-corrected chi connectivity index (χ4v) is 1.67. The predicted octanol–water partition coefficient (Wildman–Crippen LogP) is 0.998. The van der Waals surface area contributed by atoms with E-state index in [1.165, 1.54) is 4.90 Å². The Balaban J connectivity index is 3.02. The lowest BCUT2D eigenvalue weighted by Crippen LogP contribution is -2.39. The second kappa shape index (κ2) is 5.86. The highest BCUT2D eigenvalue weighted by Gasteiger charge is 2.19. The molecule has 19 heavy (non-hydrogen) atoms. The van der Waals surface area contributed by atoms with Crippen molar-refractivity contribution < 1.29 is 9.53 Å². The lowest BCUT2D eigenvalue weighted by molar-refractivity contribution is -0.141. The molecule has 0 saturated heterocycles. The molecule has 0 spiro atoms. The van der Waals surface area contributed by atoms with E-state index in [4.69, 9.17) is 4.74 Å². The van der Waals surface area contributed by atoms with Crippen molar-refractivity contribution in [3.05, 3.63) is 22.7 Å². The van der Waals surface area contributed by atoms with Crippen molar-refractivity contribution in [1.82, 2.24) is 9.55 Å². The minimum atomic E-state index is -0.377. The zero-order valence-electron chi connectivity index (χ0n) is 12.1. The smallest absolute Gasteiger partial charge is 0.325 e. The molecule has 0 unspecified atom stereocenters. The minimum Gasteiger partial charge on any atom is -0.465 e. The van der Waals surface area contributed by atoms with Crippen molar-refractivity contribution in [2.24, 2.45) is 0 Å². The molecule has 0 N–H and O–H groups in total. The summed E-state index contributed by atoms with van der Waals surface area (Å²) in [6.07, 6.45) is 3.20. The van der Waals surface area contributed by atoms with Crippen LogP contribution in [0, 0.1) is 0 Å². The normalized spacial score (nSPS) is 11.2. The van der Waals surface area contributed by atoms with Gasteiger partial charge < -0.3 is 14.2 Å². The summed E-state index contributed by atoms with van der Waals surface area (Å²) in [6, 6.07) is 0. The number of nitrogens with zero attached hydrogens (tertiary/aromatic N) is 3. The lowest BCUT2D eigenvalue weighted by Gasteiger charge is -2.24. The first kappa shape index (κ1) is 15.2. The van der Waals surface area contributed by atoms with Crippen LogP contribution in [-0.2, 0) is 15.1 Å². The van der Waals surface area contributed by atoms with Crippen molar-refractivity contribution in [3.63, 3.8) is 0 Å². The first-order chi connectivity index (χ1) is 8.77. The van der Waals surface area contributed by atoms with E-state index in [1.54, 1.807) is 30.9 Å². The standard InChI is InChI=1S/C13H21N3O3/c1-6-19-10(17)9-15(5)11-12(18)16(8-7-14-11)13(2,3)4/h7-8H,6,9H2,1-5H3. The SMILES string of the molecule is CCOC(=O)CN(C)c1nccn(C(C)(C)C)c1=O. The molecule has 106 valence electrons. The second-order valence-corrected chi connectivity index (χ2v) is 5.26. The van der Waals surface area contributed by atoms with E-state index < -0.39 is 0 Å². The molecule has 0 aromatic carbocycles. The number of aromatic nitrogens is 2. The topological polar surface area (TPSA) is 64.4 Å². The summed E-state index contributed by atoms with van der Waals surface area (Å²) < 4.78 is 6.45. The van der Waals surface area contributed by atoms with E-state index in [9.17, 15) is 9.59 Å². The summed E-state index contributed by atoms with van der Waals surface area (Å²) in [5.74, 6) is -0.136. The van der Waals surface area contributed by atoms with Gasteiger partial charge in [-0.1, -0.05) is 0 Å². The molecule has 0 aliphatic rings. The number of rotatable bonds is 4. The summed E-state index contributed by atoms with van der Waals surface area (Å²) in [7, 11) is 1.65. The summed E-state index contributed by atoms with van der Waals surface area (Å²) in [4.78, 5) is 29.3. The van der Waals surface area contributed by atoms with Crippen molar-refractivity contribution in [1.29, 1.82) is 0 Å². The number of hydrogen-bond donors (Lipinski definition) is 0. The number of esters is 1. The Kier molecular flexibility index (Phi) is 4.69. The third-order valence-electron chi connectivity index (χ3n) is 2.58. The van der Waals surface area contributed by atoms with Crippen LogP contribution in [0.25, 0.3) is 0 Å². The quantitative estimate of drug-likeness (QED) is 0.761. The highest BCUT2D eigenvalue weighted by Crippen LogP contribution is 2.11. The second-order valence-electron chi connectivity index (χ2n) is 5.26. The van der Waals surface area contributed by atoms with Gasteiger partial charge in [-0.3, -0.25) is 9.59 Å². The molecule has 1 aromatic heterocycles. The molecule has 0 bridgehead atoms. The van der Waals surface area contributed by atoms with E-state index in [2.05, 4.69) is 4.98 Å². The van der Waals surface area contributed by atoms with E-state index in [1.807, 2.05) is 20.8 Å². The molecule has 0 atom stereocenters. The van der Waals surface area contributed by atoms with Gasteiger partial charge in [-0.15, -0.1) is 0 Å². The van der Waals surface area contributed by atoms with Gasteiger partial charge in [0.2, 0.25) is 0 Å². The van der Waals surface area contributed by atoms with Crippen LogP contribution in [0.5, 0.6) is 0 Å². The van der Waals surface area contributed by atoms with Gasteiger partial charge in [0.25, 0.3) is 5.56 Å². The van der Waals surface area contributed by atoms with E-state index in [0.717, 1.165) is 0 Å².